The Hall–Kier alpha value is -1.08. The molecule has 1 aliphatic heterocycles. The lowest BCUT2D eigenvalue weighted by Crippen LogP contribution is -1.94. The number of rotatable bonds is 2. The quantitative estimate of drug-likeness (QED) is 0.624. The third kappa shape index (κ3) is 1.40. The molecule has 1 aromatic carbocycles. The zero-order valence-electron chi connectivity index (χ0n) is 7.86. The van der Waals surface area contributed by atoms with Crippen LogP contribution in [0.25, 0.3) is 0 Å². The van der Waals surface area contributed by atoms with E-state index < -0.39 is 0 Å². The lowest BCUT2D eigenvalue weighted by molar-refractivity contribution is 0.0239. The van der Waals surface area contributed by atoms with Gasteiger partial charge >= 0.3 is 0 Å². The molecule has 0 aromatic heterocycles. The van der Waals surface area contributed by atoms with Crippen LogP contribution in [0.4, 0.5) is 0 Å². The van der Waals surface area contributed by atoms with Crippen LogP contribution in [0.2, 0.25) is 0 Å². The molecule has 0 aliphatic carbocycles. The highest BCUT2D eigenvalue weighted by atomic mass is 16.5. The Kier molecular flexibility index (Phi) is 2.19. The average molecular weight is 174 g/mol. The molecule has 1 aromatic rings. The summed E-state index contributed by atoms with van der Waals surface area (Å²) in [7, 11) is 0. The first kappa shape index (κ1) is 8.52. The Morgan fingerprint density at radius 3 is 2.77 bits per heavy atom. The van der Waals surface area contributed by atoms with Gasteiger partial charge in [-0.2, -0.15) is 0 Å². The van der Waals surface area contributed by atoms with Crippen LogP contribution in [0.1, 0.15) is 36.7 Å². The Morgan fingerprint density at radius 1 is 1.38 bits per heavy atom. The first-order valence-corrected chi connectivity index (χ1v) is 4.68. The van der Waals surface area contributed by atoms with E-state index in [1.165, 1.54) is 11.1 Å². The van der Waals surface area contributed by atoms with E-state index >= 15 is 0 Å². The molecular weight excluding hydrogens is 160 g/mol. The van der Waals surface area contributed by atoms with Crippen molar-refractivity contribution in [2.45, 2.75) is 25.6 Å². The molecule has 0 radical (unpaired) electrons. The Balaban J connectivity index is 2.35. The van der Waals surface area contributed by atoms with Gasteiger partial charge in [-0.1, -0.05) is 30.3 Å². The van der Waals surface area contributed by atoms with Crippen LogP contribution in [0.15, 0.2) is 36.9 Å². The standard InChI is InChI=1S/C12H14O/c1-3-6-12-11-8-5-4-7-10(11)9(2)13-12/h3-5,7-9,12H,1,6H2,2H3/t9-,12-/m0/s1. The first-order valence-electron chi connectivity index (χ1n) is 4.68. The number of benzene rings is 1. The van der Waals surface area contributed by atoms with Crippen molar-refractivity contribution < 1.29 is 4.74 Å². The molecule has 0 N–H and O–H groups in total. The van der Waals surface area contributed by atoms with Gasteiger partial charge < -0.3 is 4.74 Å². The molecule has 0 saturated carbocycles. The van der Waals surface area contributed by atoms with E-state index in [0.717, 1.165) is 6.42 Å². The molecule has 0 fully saturated rings. The van der Waals surface area contributed by atoms with Crippen LogP contribution in [0.3, 0.4) is 0 Å². The monoisotopic (exact) mass is 174 g/mol. The molecule has 0 bridgehead atoms. The fourth-order valence-electron chi connectivity index (χ4n) is 1.90. The van der Waals surface area contributed by atoms with Gasteiger partial charge in [-0.05, 0) is 24.5 Å². The zero-order valence-corrected chi connectivity index (χ0v) is 7.86. The predicted molar refractivity (Wildman–Crippen MR) is 53.5 cm³/mol. The summed E-state index contributed by atoms with van der Waals surface area (Å²) >= 11 is 0. The fraction of sp³-hybridized carbons (Fsp3) is 0.333. The Morgan fingerprint density at radius 2 is 2.08 bits per heavy atom. The highest BCUT2D eigenvalue weighted by Gasteiger charge is 2.26. The topological polar surface area (TPSA) is 9.23 Å². The molecule has 0 unspecified atom stereocenters. The van der Waals surface area contributed by atoms with Crippen molar-refractivity contribution in [3.8, 4) is 0 Å². The van der Waals surface area contributed by atoms with Crippen LogP contribution < -0.4 is 0 Å². The van der Waals surface area contributed by atoms with E-state index in [0.29, 0.717) is 0 Å². The maximum Gasteiger partial charge on any atom is 0.0871 e. The van der Waals surface area contributed by atoms with Crippen molar-refractivity contribution in [3.63, 3.8) is 0 Å². The minimum absolute atomic E-state index is 0.226. The van der Waals surface area contributed by atoms with Crippen molar-refractivity contribution in [1.29, 1.82) is 0 Å². The van der Waals surface area contributed by atoms with Gasteiger partial charge in [0.25, 0.3) is 0 Å². The maximum atomic E-state index is 5.80. The van der Waals surface area contributed by atoms with Crippen molar-refractivity contribution in [2.24, 2.45) is 0 Å². The molecule has 1 aliphatic rings. The van der Waals surface area contributed by atoms with E-state index in [4.69, 9.17) is 4.74 Å². The molecule has 0 spiro atoms. The van der Waals surface area contributed by atoms with E-state index in [-0.39, 0.29) is 12.2 Å². The van der Waals surface area contributed by atoms with E-state index in [9.17, 15) is 0 Å². The Bertz CT molecular complexity index is 317. The molecular formula is C12H14O. The summed E-state index contributed by atoms with van der Waals surface area (Å²) < 4.78 is 5.80. The summed E-state index contributed by atoms with van der Waals surface area (Å²) in [4.78, 5) is 0. The minimum atomic E-state index is 0.226. The zero-order chi connectivity index (χ0) is 9.26. The third-order valence-electron chi connectivity index (χ3n) is 2.53. The van der Waals surface area contributed by atoms with Crippen molar-refractivity contribution in [3.05, 3.63) is 48.0 Å². The summed E-state index contributed by atoms with van der Waals surface area (Å²) in [6.45, 7) is 5.84. The highest BCUT2D eigenvalue weighted by molar-refractivity contribution is 5.34. The van der Waals surface area contributed by atoms with Crippen LogP contribution in [-0.4, -0.2) is 0 Å². The minimum Gasteiger partial charge on any atom is -0.366 e. The molecule has 0 amide bonds. The van der Waals surface area contributed by atoms with Crippen LogP contribution in [0.5, 0.6) is 0 Å². The fourth-order valence-corrected chi connectivity index (χ4v) is 1.90. The summed E-state index contributed by atoms with van der Waals surface area (Å²) in [5, 5.41) is 0. The normalized spacial score (nSPS) is 25.6. The summed E-state index contributed by atoms with van der Waals surface area (Å²) in [6, 6.07) is 8.42. The van der Waals surface area contributed by atoms with E-state index in [2.05, 4.69) is 37.8 Å². The van der Waals surface area contributed by atoms with Gasteiger partial charge in [0, 0.05) is 0 Å². The second kappa shape index (κ2) is 3.35. The van der Waals surface area contributed by atoms with Gasteiger partial charge in [-0.3, -0.25) is 0 Å². The summed E-state index contributed by atoms with van der Waals surface area (Å²) in [5.74, 6) is 0. The lowest BCUT2D eigenvalue weighted by atomic mass is 10.0. The van der Waals surface area contributed by atoms with Crippen molar-refractivity contribution in [2.75, 3.05) is 0 Å². The van der Waals surface area contributed by atoms with Gasteiger partial charge in [0.2, 0.25) is 0 Å². The van der Waals surface area contributed by atoms with Gasteiger partial charge in [0.1, 0.15) is 0 Å². The predicted octanol–water partition coefficient (Wildman–Crippen LogP) is 3.40. The lowest BCUT2D eigenvalue weighted by Gasteiger charge is -2.08. The molecule has 13 heavy (non-hydrogen) atoms. The largest absolute Gasteiger partial charge is 0.366 e. The summed E-state index contributed by atoms with van der Waals surface area (Å²) in [6.07, 6.45) is 3.28. The second-order valence-electron chi connectivity index (χ2n) is 3.42. The highest BCUT2D eigenvalue weighted by Crippen LogP contribution is 2.40. The summed E-state index contributed by atoms with van der Waals surface area (Å²) in [5.41, 5.74) is 2.66. The smallest absolute Gasteiger partial charge is 0.0871 e. The van der Waals surface area contributed by atoms with Crippen LogP contribution >= 0.6 is 0 Å². The molecule has 68 valence electrons. The molecule has 1 heterocycles. The molecule has 2 rings (SSSR count). The first-order chi connectivity index (χ1) is 6.33. The van der Waals surface area contributed by atoms with Crippen molar-refractivity contribution >= 4 is 0 Å². The van der Waals surface area contributed by atoms with Gasteiger partial charge in [-0.25, -0.2) is 0 Å². The van der Waals surface area contributed by atoms with Gasteiger partial charge in [0.15, 0.2) is 0 Å². The van der Waals surface area contributed by atoms with Gasteiger partial charge in [0.05, 0.1) is 12.2 Å². The number of hydrogen-bond donors (Lipinski definition) is 0. The second-order valence-corrected chi connectivity index (χ2v) is 3.42. The van der Waals surface area contributed by atoms with Crippen LogP contribution in [0, 0.1) is 0 Å². The van der Waals surface area contributed by atoms with E-state index in [1.807, 2.05) is 6.08 Å². The molecule has 0 saturated heterocycles. The molecule has 2 atom stereocenters. The van der Waals surface area contributed by atoms with E-state index in [1.54, 1.807) is 0 Å². The maximum absolute atomic E-state index is 5.80. The SMILES string of the molecule is C=CC[C@@H]1O[C@@H](C)c2ccccc21. The van der Waals surface area contributed by atoms with Gasteiger partial charge in [-0.15, -0.1) is 6.58 Å². The van der Waals surface area contributed by atoms with Crippen molar-refractivity contribution in [1.82, 2.24) is 0 Å². The number of fused-ring (bicyclic) bond motifs is 1. The number of ether oxygens (including phenoxy) is 1. The molecule has 1 nitrogen and oxygen atoms in total. The average Bonchev–Trinajstić information content (AvgIpc) is 2.46. The third-order valence-corrected chi connectivity index (χ3v) is 2.53. The van der Waals surface area contributed by atoms with Crippen LogP contribution in [-0.2, 0) is 4.74 Å². The number of hydrogen-bond acceptors (Lipinski definition) is 1. The Labute approximate surface area is 79.0 Å². The molecule has 1 heteroatoms.